The van der Waals surface area contributed by atoms with Crippen LogP contribution in [-0.2, 0) is 11.2 Å². The zero-order chi connectivity index (χ0) is 23.2. The summed E-state index contributed by atoms with van der Waals surface area (Å²) >= 11 is 6.26. The summed E-state index contributed by atoms with van der Waals surface area (Å²) in [6.07, 6.45) is 7.60. The molecule has 2 saturated carbocycles. The van der Waals surface area contributed by atoms with Crippen molar-refractivity contribution < 1.29 is 14.4 Å². The molecule has 4 aliphatic rings. The molecule has 0 aromatic heterocycles. The molecule has 1 aliphatic heterocycles. The van der Waals surface area contributed by atoms with Crippen molar-refractivity contribution in [2.75, 3.05) is 6.54 Å². The van der Waals surface area contributed by atoms with Gasteiger partial charge in [-0.3, -0.25) is 9.79 Å². The highest BCUT2D eigenvalue weighted by atomic mass is 35.5. The molecule has 5 atom stereocenters. The molecule has 1 amide bonds. The highest BCUT2D eigenvalue weighted by molar-refractivity contribution is 6.30. The van der Waals surface area contributed by atoms with Crippen LogP contribution in [0, 0.1) is 23.2 Å². The summed E-state index contributed by atoms with van der Waals surface area (Å²) in [5.74, 6) is 1.59. The topological polar surface area (TPSA) is 74.0 Å². The molecule has 1 aromatic rings. The number of nitrogens with one attached hydrogen (secondary N) is 1. The Labute approximate surface area is 199 Å². The second-order valence-corrected chi connectivity index (χ2v) is 10.8. The lowest BCUT2D eigenvalue weighted by Gasteiger charge is -2.50. The summed E-state index contributed by atoms with van der Waals surface area (Å²) < 4.78 is 13.5. The number of aryl methyl sites for hydroxylation is 1. The summed E-state index contributed by atoms with van der Waals surface area (Å²) in [7, 11) is 0. The predicted molar refractivity (Wildman–Crippen MR) is 128 cm³/mol. The minimum atomic E-state index is -0.247. The molecule has 5 nitrogen and oxygen atoms in total. The third-order valence-electron chi connectivity index (χ3n) is 8.62. The van der Waals surface area contributed by atoms with E-state index < -0.39 is 0 Å². The third-order valence-corrected chi connectivity index (χ3v) is 8.85. The summed E-state index contributed by atoms with van der Waals surface area (Å²) in [6.45, 7) is 2.62. The van der Waals surface area contributed by atoms with E-state index in [4.69, 9.17) is 11.6 Å². The zero-order valence-corrected chi connectivity index (χ0v) is 19.7. The van der Waals surface area contributed by atoms with E-state index in [2.05, 4.69) is 34.5 Å². The Morgan fingerprint density at radius 3 is 3.00 bits per heavy atom. The smallest absolute Gasteiger partial charge is 0.225 e. The number of rotatable bonds is 3. The standard InChI is InChI=1S/C26H31ClFN3O2/c1-26-10-8-20-19-6-4-17(27)12-15(19)2-5-21(20)25(26)16(13-22(26)31-33)3-7-24(32)30-23-14-18(28)9-11-29-23/h4,6,12,14,16,20-21,25,33H,2-3,5,7-11,13H2,1H3,(H,29,30,32)/b31-22+/t16-,20?,21?,25?,26-/m1/s1. The van der Waals surface area contributed by atoms with Crippen LogP contribution < -0.4 is 5.32 Å². The quantitative estimate of drug-likeness (QED) is 0.431. The van der Waals surface area contributed by atoms with Crippen LogP contribution in [0.3, 0.4) is 0 Å². The normalized spacial score (nSPS) is 34.1. The fraction of sp³-hybridized carbons (Fsp3) is 0.577. The van der Waals surface area contributed by atoms with Crippen molar-refractivity contribution in [3.05, 3.63) is 46.3 Å². The van der Waals surface area contributed by atoms with Gasteiger partial charge in [0.05, 0.1) is 5.71 Å². The molecule has 176 valence electrons. The van der Waals surface area contributed by atoms with E-state index in [-0.39, 0.29) is 23.1 Å². The van der Waals surface area contributed by atoms with Crippen molar-refractivity contribution in [3.63, 3.8) is 0 Å². The first kappa shape index (κ1) is 22.6. The number of dihydropyridines is 1. The maximum atomic E-state index is 13.5. The van der Waals surface area contributed by atoms with Gasteiger partial charge in [-0.05, 0) is 85.5 Å². The average molecular weight is 472 g/mol. The summed E-state index contributed by atoms with van der Waals surface area (Å²) in [5, 5.41) is 17.1. The highest BCUT2D eigenvalue weighted by Crippen LogP contribution is 2.62. The van der Waals surface area contributed by atoms with E-state index in [1.165, 1.54) is 17.2 Å². The lowest BCUT2D eigenvalue weighted by atomic mass is 9.54. The summed E-state index contributed by atoms with van der Waals surface area (Å²) in [6, 6.07) is 6.31. The Morgan fingerprint density at radius 2 is 2.21 bits per heavy atom. The molecule has 33 heavy (non-hydrogen) atoms. The van der Waals surface area contributed by atoms with Crippen molar-refractivity contribution in [1.29, 1.82) is 0 Å². The maximum absolute atomic E-state index is 13.5. The fourth-order valence-corrected chi connectivity index (χ4v) is 7.39. The van der Waals surface area contributed by atoms with Crippen LogP contribution in [0.5, 0.6) is 0 Å². The molecule has 7 heteroatoms. The number of amides is 1. The van der Waals surface area contributed by atoms with Gasteiger partial charge < -0.3 is 10.5 Å². The number of carbonyl (C=O) groups excluding carboxylic acids is 1. The number of hydrogen-bond donors (Lipinski definition) is 2. The van der Waals surface area contributed by atoms with E-state index in [0.717, 1.165) is 49.3 Å². The van der Waals surface area contributed by atoms with Gasteiger partial charge in [0.1, 0.15) is 11.7 Å². The van der Waals surface area contributed by atoms with Gasteiger partial charge in [0, 0.05) is 35.9 Å². The first-order valence-electron chi connectivity index (χ1n) is 12.1. The number of amidine groups is 1. The van der Waals surface area contributed by atoms with Gasteiger partial charge in [-0.1, -0.05) is 29.7 Å². The first-order valence-corrected chi connectivity index (χ1v) is 12.5. The van der Waals surface area contributed by atoms with Crippen molar-refractivity contribution in [3.8, 4) is 0 Å². The summed E-state index contributed by atoms with van der Waals surface area (Å²) in [5.41, 5.74) is 3.55. The van der Waals surface area contributed by atoms with Crippen LogP contribution in [0.1, 0.15) is 68.9 Å². The SMILES string of the molecule is C[C@]12CCC3c4ccc(Cl)cc4CCC3C1[C@H](CCC(=O)NC1=NCCC(F)=C1)C/C2=N\O. The van der Waals surface area contributed by atoms with Crippen LogP contribution in [-0.4, -0.2) is 29.2 Å². The van der Waals surface area contributed by atoms with E-state index in [9.17, 15) is 14.4 Å². The van der Waals surface area contributed by atoms with E-state index in [0.29, 0.717) is 43.0 Å². The molecule has 3 aliphatic carbocycles. The third kappa shape index (κ3) is 4.11. The van der Waals surface area contributed by atoms with Gasteiger partial charge in [0.15, 0.2) is 0 Å². The van der Waals surface area contributed by atoms with Crippen molar-refractivity contribution in [2.24, 2.45) is 33.3 Å². The Hall–Kier alpha value is -2.21. The molecule has 2 N–H and O–H groups in total. The minimum Gasteiger partial charge on any atom is -0.411 e. The van der Waals surface area contributed by atoms with E-state index in [1.54, 1.807) is 0 Å². The van der Waals surface area contributed by atoms with Crippen molar-refractivity contribution in [1.82, 2.24) is 5.32 Å². The molecule has 1 heterocycles. The Kier molecular flexibility index (Phi) is 6.06. The Morgan fingerprint density at radius 1 is 1.36 bits per heavy atom. The van der Waals surface area contributed by atoms with E-state index in [1.807, 2.05) is 6.07 Å². The van der Waals surface area contributed by atoms with Crippen LogP contribution in [0.2, 0.25) is 5.02 Å². The molecule has 0 radical (unpaired) electrons. The lowest BCUT2D eigenvalue weighted by molar-refractivity contribution is -0.120. The number of carbonyl (C=O) groups is 1. The second-order valence-electron chi connectivity index (χ2n) is 10.3. The molecule has 0 bridgehead atoms. The van der Waals surface area contributed by atoms with Crippen molar-refractivity contribution >= 4 is 29.1 Å². The molecule has 3 unspecified atom stereocenters. The molecule has 1 aromatic carbocycles. The van der Waals surface area contributed by atoms with Gasteiger partial charge in [-0.25, -0.2) is 4.39 Å². The number of halogens is 2. The molecule has 0 spiro atoms. The first-order chi connectivity index (χ1) is 15.9. The fourth-order valence-electron chi connectivity index (χ4n) is 7.20. The minimum absolute atomic E-state index is 0.125. The number of aliphatic imine (C=N–C) groups is 1. The highest BCUT2D eigenvalue weighted by Gasteiger charge is 2.57. The zero-order valence-electron chi connectivity index (χ0n) is 19.0. The van der Waals surface area contributed by atoms with Crippen LogP contribution in [0.4, 0.5) is 4.39 Å². The Bertz CT molecular complexity index is 1050. The van der Waals surface area contributed by atoms with Crippen LogP contribution in [0.25, 0.3) is 0 Å². The molecule has 0 saturated heterocycles. The van der Waals surface area contributed by atoms with Gasteiger partial charge in [0.25, 0.3) is 0 Å². The van der Waals surface area contributed by atoms with Crippen LogP contribution >= 0.6 is 11.6 Å². The van der Waals surface area contributed by atoms with E-state index >= 15 is 0 Å². The Balaban J connectivity index is 1.34. The van der Waals surface area contributed by atoms with Crippen molar-refractivity contribution in [2.45, 2.75) is 64.2 Å². The lowest BCUT2D eigenvalue weighted by Crippen LogP contribution is -2.44. The molecule has 5 rings (SSSR count). The van der Waals surface area contributed by atoms with Crippen LogP contribution in [0.15, 0.2) is 40.3 Å². The number of hydrogen-bond acceptors (Lipinski definition) is 4. The summed E-state index contributed by atoms with van der Waals surface area (Å²) in [4.78, 5) is 16.8. The van der Waals surface area contributed by atoms with Gasteiger partial charge in [-0.15, -0.1) is 0 Å². The molecular weight excluding hydrogens is 441 g/mol. The van der Waals surface area contributed by atoms with Gasteiger partial charge >= 0.3 is 0 Å². The average Bonchev–Trinajstić information content (AvgIpc) is 3.09. The monoisotopic (exact) mass is 471 g/mol. The number of oxime groups is 1. The number of nitrogens with zero attached hydrogens (tertiary/aromatic N) is 2. The van der Waals surface area contributed by atoms with Gasteiger partial charge in [0.2, 0.25) is 5.91 Å². The molecular formula is C26H31ClFN3O2. The second kappa shape index (κ2) is 8.86. The largest absolute Gasteiger partial charge is 0.411 e. The number of fused-ring (bicyclic) bond motifs is 5. The van der Waals surface area contributed by atoms with Gasteiger partial charge in [-0.2, -0.15) is 0 Å². The molecule has 2 fully saturated rings. The predicted octanol–water partition coefficient (Wildman–Crippen LogP) is 5.80. The number of benzene rings is 1. The maximum Gasteiger partial charge on any atom is 0.225 e.